The number of phenols is 1. The molecule has 74 valence electrons. The van der Waals surface area contributed by atoms with E-state index in [0.717, 1.165) is 12.1 Å². The van der Waals surface area contributed by atoms with Crippen molar-refractivity contribution in [1.29, 1.82) is 0 Å². The molecule has 0 fully saturated rings. The van der Waals surface area contributed by atoms with Crippen molar-refractivity contribution in [2.75, 3.05) is 6.54 Å². The Balaban J connectivity index is 2.49. The summed E-state index contributed by atoms with van der Waals surface area (Å²) in [7, 11) is 0. The van der Waals surface area contributed by atoms with Crippen LogP contribution in [0.2, 0.25) is 0 Å². The number of rotatable bonds is 1. The van der Waals surface area contributed by atoms with Crippen molar-refractivity contribution in [1.82, 2.24) is 4.90 Å². The minimum Gasteiger partial charge on any atom is -0.507 e. The highest BCUT2D eigenvalue weighted by Gasteiger charge is 2.20. The maximum atomic E-state index is 9.66. The highest BCUT2D eigenvalue weighted by Crippen LogP contribution is 2.38. The third-order valence-corrected chi connectivity index (χ3v) is 3.85. The monoisotopic (exact) mass is 301 g/mol. The van der Waals surface area contributed by atoms with Crippen molar-refractivity contribution in [2.45, 2.75) is 11.0 Å². The van der Waals surface area contributed by atoms with E-state index < -0.39 is 0 Å². The molecule has 1 N–H and O–H groups in total. The van der Waals surface area contributed by atoms with Crippen molar-refractivity contribution >= 4 is 28.7 Å². The Labute approximate surface area is 97.4 Å². The van der Waals surface area contributed by atoms with Gasteiger partial charge < -0.3 is 10.0 Å². The largest absolute Gasteiger partial charge is 0.507 e. The van der Waals surface area contributed by atoms with Crippen LogP contribution in [0.1, 0.15) is 22.1 Å². The van der Waals surface area contributed by atoms with Gasteiger partial charge in [-0.05, 0) is 24.6 Å². The summed E-state index contributed by atoms with van der Waals surface area (Å²) in [4.78, 5) is 2.24. The Morgan fingerprint density at radius 2 is 2.29 bits per heavy atom. The van der Waals surface area contributed by atoms with E-state index >= 15 is 0 Å². The summed E-state index contributed by atoms with van der Waals surface area (Å²) >= 11 is 2.39. The van der Waals surface area contributed by atoms with Crippen molar-refractivity contribution in [3.8, 4) is 5.75 Å². The van der Waals surface area contributed by atoms with Crippen LogP contribution in [0.25, 0.3) is 6.08 Å². The molecule has 14 heavy (non-hydrogen) atoms. The van der Waals surface area contributed by atoms with Crippen LogP contribution in [-0.4, -0.2) is 16.6 Å². The lowest BCUT2D eigenvalue weighted by atomic mass is 10.0. The fourth-order valence-corrected chi connectivity index (χ4v) is 2.77. The Kier molecular flexibility index (Phi) is 2.67. The first-order chi connectivity index (χ1) is 6.74. The van der Waals surface area contributed by atoms with Gasteiger partial charge in [0, 0.05) is 18.3 Å². The van der Waals surface area contributed by atoms with Gasteiger partial charge in [0.25, 0.3) is 0 Å². The first kappa shape index (κ1) is 9.83. The molecule has 1 aliphatic rings. The molecule has 1 unspecified atom stereocenters. The molecule has 1 aromatic rings. The zero-order valence-electron chi connectivity index (χ0n) is 7.94. The average molecular weight is 301 g/mol. The molecule has 2 rings (SSSR count). The van der Waals surface area contributed by atoms with E-state index in [2.05, 4.69) is 40.5 Å². The average Bonchev–Trinajstić information content (AvgIpc) is 2.20. The quantitative estimate of drug-likeness (QED) is 0.489. The molecule has 0 spiro atoms. The summed E-state index contributed by atoms with van der Waals surface area (Å²) in [5.74, 6) is 0.371. The fraction of sp³-hybridized carbons (Fsp3) is 0.273. The lowest BCUT2D eigenvalue weighted by Crippen LogP contribution is -2.21. The maximum Gasteiger partial charge on any atom is 0.123 e. The maximum absolute atomic E-state index is 9.66. The summed E-state index contributed by atoms with van der Waals surface area (Å²) < 4.78 is 0.324. The van der Waals surface area contributed by atoms with E-state index in [0.29, 0.717) is 9.80 Å². The molecule has 1 atom stereocenters. The summed E-state index contributed by atoms with van der Waals surface area (Å²) in [6.45, 7) is 3.11. The summed E-state index contributed by atoms with van der Waals surface area (Å²) in [6, 6.07) is 5.69. The molecular formula is C11H12INO. The highest BCUT2D eigenvalue weighted by molar-refractivity contribution is 14.1. The molecule has 2 nitrogen and oxygen atoms in total. The predicted octanol–water partition coefficient (Wildman–Crippen LogP) is 3.13. The second kappa shape index (κ2) is 3.81. The van der Waals surface area contributed by atoms with Gasteiger partial charge >= 0.3 is 0 Å². The number of aromatic hydroxyl groups is 1. The predicted molar refractivity (Wildman–Crippen MR) is 66.3 cm³/mol. The molecule has 0 bridgehead atoms. The number of hydrogen-bond donors (Lipinski definition) is 1. The van der Waals surface area contributed by atoms with Crippen LogP contribution in [-0.2, 0) is 0 Å². The van der Waals surface area contributed by atoms with Crippen LogP contribution < -0.4 is 0 Å². The Morgan fingerprint density at radius 3 is 3.00 bits per heavy atom. The van der Waals surface area contributed by atoms with Crippen molar-refractivity contribution < 1.29 is 5.11 Å². The molecule has 1 aliphatic heterocycles. The van der Waals surface area contributed by atoms with Crippen LogP contribution in [0, 0.1) is 0 Å². The number of nitrogens with zero attached hydrogens (tertiary/aromatic N) is 1. The Morgan fingerprint density at radius 1 is 1.50 bits per heavy atom. The first-order valence-electron chi connectivity index (χ1n) is 4.64. The van der Waals surface area contributed by atoms with Gasteiger partial charge in [-0.15, -0.1) is 0 Å². The smallest absolute Gasteiger partial charge is 0.123 e. The SMILES string of the molecule is CCN1C=Cc2c(O)cccc2C1I. The third-order valence-electron chi connectivity index (χ3n) is 2.46. The van der Waals surface area contributed by atoms with Crippen LogP contribution in [0.15, 0.2) is 24.4 Å². The van der Waals surface area contributed by atoms with Gasteiger partial charge in [-0.3, -0.25) is 0 Å². The van der Waals surface area contributed by atoms with Crippen LogP contribution >= 0.6 is 22.6 Å². The standard InChI is InChI=1S/C11H12INO/c1-2-13-7-6-8-9(11(13)12)4-3-5-10(8)14/h3-7,11,14H,2H2,1H3. The van der Waals surface area contributed by atoms with Crippen LogP contribution in [0.3, 0.4) is 0 Å². The number of benzene rings is 1. The minimum atomic E-state index is 0.324. The number of alkyl halides is 1. The van der Waals surface area contributed by atoms with E-state index in [1.807, 2.05) is 18.3 Å². The van der Waals surface area contributed by atoms with Gasteiger partial charge in [0.05, 0.1) is 0 Å². The van der Waals surface area contributed by atoms with Crippen molar-refractivity contribution in [2.24, 2.45) is 0 Å². The summed E-state index contributed by atoms with van der Waals surface area (Å²) in [6.07, 6.45) is 4.02. The topological polar surface area (TPSA) is 23.5 Å². The lowest BCUT2D eigenvalue weighted by Gasteiger charge is -2.30. The van der Waals surface area contributed by atoms with E-state index in [-0.39, 0.29) is 0 Å². The summed E-state index contributed by atoms with van der Waals surface area (Å²) in [5, 5.41) is 9.66. The highest BCUT2D eigenvalue weighted by atomic mass is 127. The van der Waals surface area contributed by atoms with Gasteiger partial charge in [-0.1, -0.05) is 34.7 Å². The zero-order chi connectivity index (χ0) is 10.1. The van der Waals surface area contributed by atoms with Gasteiger partial charge in [0.15, 0.2) is 0 Å². The molecular weight excluding hydrogens is 289 g/mol. The molecule has 1 heterocycles. The summed E-state index contributed by atoms with van der Waals surface area (Å²) in [5.41, 5.74) is 2.14. The molecule has 3 heteroatoms. The molecule has 0 saturated carbocycles. The molecule has 0 aliphatic carbocycles. The minimum absolute atomic E-state index is 0.324. The van der Waals surface area contributed by atoms with E-state index in [4.69, 9.17) is 0 Å². The van der Waals surface area contributed by atoms with E-state index in [1.165, 1.54) is 5.56 Å². The van der Waals surface area contributed by atoms with Crippen molar-refractivity contribution in [3.05, 3.63) is 35.5 Å². The van der Waals surface area contributed by atoms with Crippen molar-refractivity contribution in [3.63, 3.8) is 0 Å². The molecule has 1 aromatic carbocycles. The molecule has 0 amide bonds. The Hall–Kier alpha value is -0.710. The van der Waals surface area contributed by atoms with Gasteiger partial charge in [0.1, 0.15) is 9.80 Å². The normalized spacial score (nSPS) is 19.6. The fourth-order valence-electron chi connectivity index (χ4n) is 1.65. The zero-order valence-corrected chi connectivity index (χ0v) is 10.1. The number of fused-ring (bicyclic) bond motifs is 1. The second-order valence-electron chi connectivity index (χ2n) is 3.26. The van der Waals surface area contributed by atoms with E-state index in [9.17, 15) is 5.11 Å². The van der Waals surface area contributed by atoms with Gasteiger partial charge in [-0.2, -0.15) is 0 Å². The molecule has 0 radical (unpaired) electrons. The Bertz CT molecular complexity index is 376. The van der Waals surface area contributed by atoms with Crippen LogP contribution in [0.4, 0.5) is 0 Å². The van der Waals surface area contributed by atoms with Gasteiger partial charge in [-0.25, -0.2) is 0 Å². The molecule has 0 saturated heterocycles. The second-order valence-corrected chi connectivity index (χ2v) is 4.44. The first-order valence-corrected chi connectivity index (χ1v) is 5.88. The lowest BCUT2D eigenvalue weighted by molar-refractivity contribution is 0.388. The number of phenolic OH excluding ortho intramolecular Hbond substituents is 1. The number of halogens is 1. The van der Waals surface area contributed by atoms with Gasteiger partial charge in [0.2, 0.25) is 0 Å². The third kappa shape index (κ3) is 1.49. The number of hydrogen-bond acceptors (Lipinski definition) is 2. The van der Waals surface area contributed by atoms with Crippen LogP contribution in [0.5, 0.6) is 5.75 Å². The van der Waals surface area contributed by atoms with E-state index in [1.54, 1.807) is 6.07 Å². The molecule has 0 aromatic heterocycles.